The molecular weight excluding hydrogens is 164 g/mol. The predicted molar refractivity (Wildman–Crippen MR) is 54.5 cm³/mol. The number of aliphatic hydroxyl groups is 1. The summed E-state index contributed by atoms with van der Waals surface area (Å²) in [7, 11) is 2.16. The van der Waals surface area contributed by atoms with Gasteiger partial charge in [0.1, 0.15) is 0 Å². The third-order valence-electron chi connectivity index (χ3n) is 3.20. The van der Waals surface area contributed by atoms with Gasteiger partial charge in [-0.2, -0.15) is 0 Å². The largest absolute Gasteiger partial charge is 0.396 e. The van der Waals surface area contributed by atoms with Crippen LogP contribution in [0, 0.1) is 11.8 Å². The summed E-state index contributed by atoms with van der Waals surface area (Å²) in [5, 5.41) is 9.21. The Balaban J connectivity index is 2.32. The molecule has 0 radical (unpaired) electrons. The smallest absolute Gasteiger partial charge is 0.0462 e. The third kappa shape index (κ3) is 3.25. The molecule has 1 atom stereocenters. The van der Waals surface area contributed by atoms with E-state index in [4.69, 9.17) is 5.73 Å². The Kier molecular flexibility index (Phi) is 4.70. The summed E-state index contributed by atoms with van der Waals surface area (Å²) in [6, 6.07) is 0. The average molecular weight is 186 g/mol. The molecule has 3 nitrogen and oxygen atoms in total. The Morgan fingerprint density at radius 2 is 2.08 bits per heavy atom. The lowest BCUT2D eigenvalue weighted by atomic mass is 9.83. The van der Waals surface area contributed by atoms with Crippen LogP contribution in [0.3, 0.4) is 0 Å². The number of aliphatic hydroxyl groups excluding tert-OH is 1. The summed E-state index contributed by atoms with van der Waals surface area (Å²) in [6.45, 7) is 3.36. The minimum absolute atomic E-state index is 0.311. The number of nitrogens with two attached hydrogens (primary N) is 1. The van der Waals surface area contributed by atoms with Gasteiger partial charge in [0.25, 0.3) is 0 Å². The molecule has 1 rings (SSSR count). The SMILES string of the molecule is CN1CCC(C(CO)CCN)CC1. The van der Waals surface area contributed by atoms with Crippen LogP contribution in [0.25, 0.3) is 0 Å². The molecule has 1 aliphatic heterocycles. The van der Waals surface area contributed by atoms with E-state index in [-0.39, 0.29) is 0 Å². The van der Waals surface area contributed by atoms with Gasteiger partial charge in [0, 0.05) is 6.61 Å². The van der Waals surface area contributed by atoms with Crippen LogP contribution in [0.5, 0.6) is 0 Å². The van der Waals surface area contributed by atoms with Crippen molar-refractivity contribution >= 4 is 0 Å². The van der Waals surface area contributed by atoms with Crippen LogP contribution in [0.1, 0.15) is 19.3 Å². The van der Waals surface area contributed by atoms with E-state index in [1.54, 1.807) is 0 Å². The second-order valence-corrected chi connectivity index (χ2v) is 4.16. The Morgan fingerprint density at radius 1 is 1.46 bits per heavy atom. The fraction of sp³-hybridized carbons (Fsp3) is 1.00. The molecule has 78 valence electrons. The molecule has 0 spiro atoms. The molecule has 1 unspecified atom stereocenters. The van der Waals surface area contributed by atoms with Crippen molar-refractivity contribution in [3.63, 3.8) is 0 Å². The van der Waals surface area contributed by atoms with Crippen molar-refractivity contribution in [3.8, 4) is 0 Å². The van der Waals surface area contributed by atoms with Gasteiger partial charge in [0.2, 0.25) is 0 Å². The summed E-state index contributed by atoms with van der Waals surface area (Å²) in [5.74, 6) is 1.14. The molecule has 0 aromatic carbocycles. The lowest BCUT2D eigenvalue weighted by Crippen LogP contribution is -2.35. The first-order chi connectivity index (χ1) is 6.27. The molecule has 0 aromatic heterocycles. The molecule has 0 bridgehead atoms. The highest BCUT2D eigenvalue weighted by Crippen LogP contribution is 2.26. The molecular formula is C10H22N2O. The van der Waals surface area contributed by atoms with Crippen molar-refractivity contribution in [2.45, 2.75) is 19.3 Å². The first-order valence-electron chi connectivity index (χ1n) is 5.27. The van der Waals surface area contributed by atoms with Crippen LogP contribution in [0.4, 0.5) is 0 Å². The van der Waals surface area contributed by atoms with Crippen molar-refractivity contribution in [3.05, 3.63) is 0 Å². The van der Waals surface area contributed by atoms with Gasteiger partial charge in [-0.1, -0.05) is 0 Å². The maximum absolute atomic E-state index is 9.21. The number of hydrogen-bond acceptors (Lipinski definition) is 3. The van der Waals surface area contributed by atoms with E-state index in [2.05, 4.69) is 11.9 Å². The number of likely N-dealkylation sites (tertiary alicyclic amines) is 1. The Hall–Kier alpha value is -0.120. The quantitative estimate of drug-likeness (QED) is 0.663. The van der Waals surface area contributed by atoms with Crippen molar-refractivity contribution < 1.29 is 5.11 Å². The van der Waals surface area contributed by atoms with Gasteiger partial charge in [0.05, 0.1) is 0 Å². The zero-order valence-corrected chi connectivity index (χ0v) is 8.58. The Labute approximate surface area is 80.9 Å². The van der Waals surface area contributed by atoms with Gasteiger partial charge < -0.3 is 15.7 Å². The van der Waals surface area contributed by atoms with Gasteiger partial charge in [-0.05, 0) is 57.8 Å². The maximum atomic E-state index is 9.21. The molecule has 0 aromatic rings. The van der Waals surface area contributed by atoms with E-state index in [9.17, 15) is 5.11 Å². The van der Waals surface area contributed by atoms with Gasteiger partial charge in [-0.15, -0.1) is 0 Å². The molecule has 1 heterocycles. The summed E-state index contributed by atoms with van der Waals surface area (Å²) < 4.78 is 0. The van der Waals surface area contributed by atoms with Crippen LogP contribution < -0.4 is 5.73 Å². The zero-order valence-electron chi connectivity index (χ0n) is 8.58. The van der Waals surface area contributed by atoms with Crippen molar-refractivity contribution in [1.29, 1.82) is 0 Å². The number of nitrogens with zero attached hydrogens (tertiary/aromatic N) is 1. The monoisotopic (exact) mass is 186 g/mol. The highest BCUT2D eigenvalue weighted by atomic mass is 16.3. The molecule has 3 N–H and O–H groups in total. The van der Waals surface area contributed by atoms with Crippen molar-refractivity contribution in [2.24, 2.45) is 17.6 Å². The molecule has 0 saturated carbocycles. The molecule has 13 heavy (non-hydrogen) atoms. The van der Waals surface area contributed by atoms with E-state index in [1.807, 2.05) is 0 Å². The molecule has 0 amide bonds. The molecule has 1 saturated heterocycles. The van der Waals surface area contributed by atoms with Crippen molar-refractivity contribution in [1.82, 2.24) is 4.90 Å². The average Bonchev–Trinajstić information content (AvgIpc) is 2.16. The fourth-order valence-corrected chi connectivity index (χ4v) is 2.19. The first kappa shape index (κ1) is 11.0. The third-order valence-corrected chi connectivity index (χ3v) is 3.20. The lowest BCUT2D eigenvalue weighted by Gasteiger charge is -2.33. The van der Waals surface area contributed by atoms with E-state index < -0.39 is 0 Å². The van der Waals surface area contributed by atoms with Crippen LogP contribution in [-0.4, -0.2) is 43.3 Å². The predicted octanol–water partition coefficient (Wildman–Crippen LogP) is 0.285. The standard InChI is InChI=1S/C10H22N2O/c1-12-6-3-9(4-7-12)10(8-13)2-5-11/h9-10,13H,2-8,11H2,1H3. The number of rotatable bonds is 4. The lowest BCUT2D eigenvalue weighted by molar-refractivity contribution is 0.114. The zero-order chi connectivity index (χ0) is 9.68. The number of hydrogen-bond donors (Lipinski definition) is 2. The fourth-order valence-electron chi connectivity index (χ4n) is 2.19. The summed E-state index contributed by atoms with van der Waals surface area (Å²) in [4.78, 5) is 2.35. The maximum Gasteiger partial charge on any atom is 0.0462 e. The van der Waals surface area contributed by atoms with Crippen LogP contribution in [-0.2, 0) is 0 Å². The van der Waals surface area contributed by atoms with Gasteiger partial charge in [-0.3, -0.25) is 0 Å². The van der Waals surface area contributed by atoms with Crippen LogP contribution in [0.2, 0.25) is 0 Å². The van der Waals surface area contributed by atoms with Crippen molar-refractivity contribution in [2.75, 3.05) is 33.3 Å². The van der Waals surface area contributed by atoms with Crippen LogP contribution >= 0.6 is 0 Å². The minimum atomic E-state index is 0.311. The highest BCUT2D eigenvalue weighted by molar-refractivity contribution is 4.76. The van der Waals surface area contributed by atoms with E-state index >= 15 is 0 Å². The van der Waals surface area contributed by atoms with Gasteiger partial charge >= 0.3 is 0 Å². The second-order valence-electron chi connectivity index (χ2n) is 4.16. The summed E-state index contributed by atoms with van der Waals surface area (Å²) in [6.07, 6.45) is 3.42. The first-order valence-corrected chi connectivity index (χ1v) is 5.27. The van der Waals surface area contributed by atoms with E-state index in [0.29, 0.717) is 25.0 Å². The van der Waals surface area contributed by atoms with E-state index in [0.717, 1.165) is 6.42 Å². The molecule has 1 aliphatic rings. The molecule has 1 fully saturated rings. The summed E-state index contributed by atoms with van der Waals surface area (Å²) >= 11 is 0. The van der Waals surface area contributed by atoms with Crippen LogP contribution in [0.15, 0.2) is 0 Å². The number of piperidine rings is 1. The minimum Gasteiger partial charge on any atom is -0.396 e. The Bertz CT molecular complexity index is 133. The van der Waals surface area contributed by atoms with E-state index in [1.165, 1.54) is 25.9 Å². The second kappa shape index (κ2) is 5.58. The topological polar surface area (TPSA) is 49.5 Å². The highest BCUT2D eigenvalue weighted by Gasteiger charge is 2.23. The van der Waals surface area contributed by atoms with Gasteiger partial charge in [-0.25, -0.2) is 0 Å². The summed E-state index contributed by atoms with van der Waals surface area (Å²) in [5.41, 5.74) is 5.52. The Morgan fingerprint density at radius 3 is 2.54 bits per heavy atom. The normalized spacial score (nSPS) is 23.3. The molecule has 3 heteroatoms. The van der Waals surface area contributed by atoms with Gasteiger partial charge in [0.15, 0.2) is 0 Å². The molecule has 0 aliphatic carbocycles.